The molecule has 1 saturated heterocycles. The van der Waals surface area contributed by atoms with Gasteiger partial charge in [0, 0.05) is 18.2 Å². The number of carbonyl (C=O) groups excluding carboxylic acids is 2. The molecule has 0 aliphatic carbocycles. The highest BCUT2D eigenvalue weighted by Crippen LogP contribution is 2.20. The molecule has 1 aliphatic rings. The van der Waals surface area contributed by atoms with E-state index in [1.807, 2.05) is 0 Å². The first-order valence-corrected chi connectivity index (χ1v) is 7.19. The molecule has 2 rings (SSSR count). The maximum Gasteiger partial charge on any atom is 0.358 e. The molecule has 5 nitrogen and oxygen atoms in total. The third-order valence-corrected chi connectivity index (χ3v) is 3.59. The molecule has 1 aromatic rings. The molecule has 1 aromatic heterocycles. The lowest BCUT2D eigenvalue weighted by molar-refractivity contribution is -0.147. The van der Waals surface area contributed by atoms with Gasteiger partial charge in [0.1, 0.15) is 6.10 Å². The maximum absolute atomic E-state index is 11.9. The summed E-state index contributed by atoms with van der Waals surface area (Å²) in [6.07, 6.45) is 0.253. The third-order valence-electron chi connectivity index (χ3n) is 2.72. The Labute approximate surface area is 115 Å². The second kappa shape index (κ2) is 5.69. The van der Waals surface area contributed by atoms with E-state index < -0.39 is 18.0 Å². The van der Waals surface area contributed by atoms with Gasteiger partial charge in [-0.2, -0.15) is 0 Å². The number of thiazole rings is 1. The predicted molar refractivity (Wildman–Crippen MR) is 70.0 cm³/mol. The molecular weight excluding hydrogens is 266 g/mol. The monoisotopic (exact) mass is 283 g/mol. The number of nitrogens with zero attached hydrogens (tertiary/aromatic N) is 1. The highest BCUT2D eigenvalue weighted by atomic mass is 32.1. The van der Waals surface area contributed by atoms with Crippen LogP contribution in [0.3, 0.4) is 0 Å². The number of cyclic esters (lactones) is 1. The zero-order valence-electron chi connectivity index (χ0n) is 11.2. The van der Waals surface area contributed by atoms with Crippen LogP contribution in [-0.2, 0) is 20.7 Å². The van der Waals surface area contributed by atoms with Crippen LogP contribution in [-0.4, -0.2) is 29.1 Å². The van der Waals surface area contributed by atoms with Gasteiger partial charge in [0.2, 0.25) is 6.10 Å². The maximum atomic E-state index is 11.9. The van der Waals surface area contributed by atoms with Gasteiger partial charge in [-0.15, -0.1) is 11.3 Å². The van der Waals surface area contributed by atoms with Crippen molar-refractivity contribution >= 4 is 23.3 Å². The molecule has 6 heteroatoms. The number of aromatic nitrogens is 1. The fourth-order valence-electron chi connectivity index (χ4n) is 1.85. The summed E-state index contributed by atoms with van der Waals surface area (Å²) < 4.78 is 10.1. The lowest BCUT2D eigenvalue weighted by Gasteiger charge is -2.06. The van der Waals surface area contributed by atoms with Crippen LogP contribution >= 0.6 is 11.3 Å². The zero-order valence-corrected chi connectivity index (χ0v) is 12.0. The van der Waals surface area contributed by atoms with E-state index in [2.05, 4.69) is 18.8 Å². The minimum absolute atomic E-state index is 0.197. The Morgan fingerprint density at radius 3 is 2.95 bits per heavy atom. The van der Waals surface area contributed by atoms with Gasteiger partial charge in [0.25, 0.3) is 0 Å². The first kappa shape index (κ1) is 14.0. The summed E-state index contributed by atoms with van der Waals surface area (Å²) in [6, 6.07) is 0. The summed E-state index contributed by atoms with van der Waals surface area (Å²) in [5.41, 5.74) is 0.271. The summed E-state index contributed by atoms with van der Waals surface area (Å²) in [4.78, 5) is 27.5. The van der Waals surface area contributed by atoms with Crippen molar-refractivity contribution in [1.29, 1.82) is 0 Å². The van der Waals surface area contributed by atoms with Crippen molar-refractivity contribution in [3.8, 4) is 0 Å². The minimum atomic E-state index is -0.794. The van der Waals surface area contributed by atoms with Gasteiger partial charge in [0.15, 0.2) is 5.69 Å². The topological polar surface area (TPSA) is 65.5 Å². The standard InChI is InChI=1S/C13H17NO4S/c1-7(2)4-11-14-9(6-19-11)12(15)18-10-5-8(3)17-13(10)16/h6-8,10H,4-5H2,1-3H3/t8-,10+/m0/s1. The summed E-state index contributed by atoms with van der Waals surface area (Å²) in [5.74, 6) is -0.540. The van der Waals surface area contributed by atoms with Gasteiger partial charge in [-0.3, -0.25) is 0 Å². The molecule has 0 radical (unpaired) electrons. The van der Waals surface area contributed by atoms with Crippen LogP contribution in [0.1, 0.15) is 42.7 Å². The summed E-state index contributed by atoms with van der Waals surface area (Å²) in [5, 5.41) is 2.58. The molecule has 0 aromatic carbocycles. The summed E-state index contributed by atoms with van der Waals surface area (Å²) in [6.45, 7) is 5.96. The molecule has 0 bridgehead atoms. The SMILES string of the molecule is CC(C)Cc1nc(C(=O)O[C@@H]2C[C@H](C)OC2=O)cs1. The second-order valence-corrected chi connectivity index (χ2v) is 6.04. The molecule has 0 unspecified atom stereocenters. The van der Waals surface area contributed by atoms with E-state index in [-0.39, 0.29) is 11.8 Å². The van der Waals surface area contributed by atoms with Crippen molar-refractivity contribution in [2.24, 2.45) is 5.92 Å². The molecular formula is C13H17NO4S. The average molecular weight is 283 g/mol. The first-order valence-electron chi connectivity index (χ1n) is 6.31. The van der Waals surface area contributed by atoms with E-state index in [0.717, 1.165) is 11.4 Å². The molecule has 1 aliphatic heterocycles. The Morgan fingerprint density at radius 2 is 2.37 bits per heavy atom. The van der Waals surface area contributed by atoms with Crippen molar-refractivity contribution < 1.29 is 19.1 Å². The van der Waals surface area contributed by atoms with E-state index in [1.54, 1.807) is 12.3 Å². The molecule has 0 amide bonds. The number of hydrogen-bond acceptors (Lipinski definition) is 6. The van der Waals surface area contributed by atoms with Gasteiger partial charge in [-0.05, 0) is 12.8 Å². The molecule has 19 heavy (non-hydrogen) atoms. The highest BCUT2D eigenvalue weighted by molar-refractivity contribution is 7.09. The van der Waals surface area contributed by atoms with Crippen molar-refractivity contribution in [1.82, 2.24) is 4.98 Å². The Balaban J connectivity index is 1.96. The van der Waals surface area contributed by atoms with Crippen molar-refractivity contribution in [2.45, 2.75) is 45.8 Å². The lowest BCUT2D eigenvalue weighted by Crippen LogP contribution is -2.22. The van der Waals surface area contributed by atoms with Crippen LogP contribution < -0.4 is 0 Å². The van der Waals surface area contributed by atoms with Gasteiger partial charge in [-0.1, -0.05) is 13.8 Å². The molecule has 2 atom stereocenters. The number of hydrogen-bond donors (Lipinski definition) is 0. The van der Waals surface area contributed by atoms with E-state index in [9.17, 15) is 9.59 Å². The van der Waals surface area contributed by atoms with Crippen LogP contribution in [0.2, 0.25) is 0 Å². The fraction of sp³-hybridized carbons (Fsp3) is 0.615. The van der Waals surface area contributed by atoms with Gasteiger partial charge >= 0.3 is 11.9 Å². The molecule has 0 saturated carbocycles. The predicted octanol–water partition coefficient (Wildman–Crippen LogP) is 2.20. The fourth-order valence-corrected chi connectivity index (χ4v) is 2.83. The minimum Gasteiger partial charge on any atom is -0.460 e. The van der Waals surface area contributed by atoms with Gasteiger partial charge in [0.05, 0.1) is 5.01 Å². The highest BCUT2D eigenvalue weighted by Gasteiger charge is 2.35. The van der Waals surface area contributed by atoms with Crippen LogP contribution in [0.15, 0.2) is 5.38 Å². The largest absolute Gasteiger partial charge is 0.460 e. The van der Waals surface area contributed by atoms with Crippen LogP contribution in [0.5, 0.6) is 0 Å². The first-order chi connectivity index (χ1) is 8.95. The smallest absolute Gasteiger partial charge is 0.358 e. The molecule has 0 N–H and O–H groups in total. The van der Waals surface area contributed by atoms with E-state index in [0.29, 0.717) is 12.3 Å². The Kier molecular flexibility index (Phi) is 4.19. The van der Waals surface area contributed by atoms with Crippen LogP contribution in [0, 0.1) is 5.92 Å². The van der Waals surface area contributed by atoms with E-state index in [1.165, 1.54) is 11.3 Å². The lowest BCUT2D eigenvalue weighted by atomic mass is 10.1. The second-order valence-electron chi connectivity index (χ2n) is 5.10. The van der Waals surface area contributed by atoms with Gasteiger partial charge < -0.3 is 9.47 Å². The molecule has 104 valence electrons. The number of ether oxygens (including phenoxy) is 2. The van der Waals surface area contributed by atoms with E-state index in [4.69, 9.17) is 9.47 Å². The normalized spacial score (nSPS) is 22.6. The Hall–Kier alpha value is -1.43. The average Bonchev–Trinajstić information content (AvgIpc) is 2.86. The number of rotatable bonds is 4. The summed E-state index contributed by atoms with van der Waals surface area (Å²) in [7, 11) is 0. The van der Waals surface area contributed by atoms with Crippen molar-refractivity contribution in [3.63, 3.8) is 0 Å². The van der Waals surface area contributed by atoms with Crippen molar-refractivity contribution in [3.05, 3.63) is 16.1 Å². The van der Waals surface area contributed by atoms with Crippen LogP contribution in [0.25, 0.3) is 0 Å². The molecule has 2 heterocycles. The van der Waals surface area contributed by atoms with Crippen LogP contribution in [0.4, 0.5) is 0 Å². The third kappa shape index (κ3) is 3.53. The number of carbonyl (C=O) groups is 2. The molecule has 0 spiro atoms. The molecule has 1 fully saturated rings. The van der Waals surface area contributed by atoms with E-state index >= 15 is 0 Å². The number of esters is 2. The zero-order chi connectivity index (χ0) is 14.0. The summed E-state index contributed by atoms with van der Waals surface area (Å²) >= 11 is 1.44. The Bertz CT molecular complexity index is 483. The van der Waals surface area contributed by atoms with Crippen molar-refractivity contribution in [2.75, 3.05) is 0 Å². The quantitative estimate of drug-likeness (QED) is 0.793. The Morgan fingerprint density at radius 1 is 1.63 bits per heavy atom. The van der Waals surface area contributed by atoms with Gasteiger partial charge in [-0.25, -0.2) is 14.6 Å².